The fourth-order valence-corrected chi connectivity index (χ4v) is 2.76. The molecule has 0 aliphatic rings. The third-order valence-corrected chi connectivity index (χ3v) is 3.83. The minimum Gasteiger partial charge on any atom is -0.326 e. The number of anilines is 4. The minimum absolute atomic E-state index is 0.133. The number of hydrogen-bond donors (Lipinski definition) is 3. The van der Waals surface area contributed by atoms with Crippen LogP contribution in [0.4, 0.5) is 23.0 Å². The van der Waals surface area contributed by atoms with Gasteiger partial charge in [-0.15, -0.1) is 0 Å². The Morgan fingerprint density at radius 2 is 1.46 bits per heavy atom. The number of amides is 2. The molecule has 0 bridgehead atoms. The third-order valence-electron chi connectivity index (χ3n) is 3.83. The van der Waals surface area contributed by atoms with Crippen LogP contribution in [0.15, 0.2) is 54.7 Å². The highest BCUT2D eigenvalue weighted by Gasteiger charge is 2.10. The smallest absolute Gasteiger partial charge is 0.274 e. The highest BCUT2D eigenvalue weighted by molar-refractivity contribution is 6.03. The van der Waals surface area contributed by atoms with E-state index in [0.717, 1.165) is 22.5 Å². The Balaban J connectivity index is 1.71. The van der Waals surface area contributed by atoms with Crippen LogP contribution in [0.1, 0.15) is 28.5 Å². The van der Waals surface area contributed by atoms with Crippen molar-refractivity contribution in [2.24, 2.45) is 0 Å². The van der Waals surface area contributed by atoms with Gasteiger partial charge >= 0.3 is 0 Å². The first kappa shape index (κ1) is 19.0. The molecule has 142 valence electrons. The van der Waals surface area contributed by atoms with Gasteiger partial charge in [0.15, 0.2) is 0 Å². The van der Waals surface area contributed by atoms with Crippen molar-refractivity contribution in [1.29, 1.82) is 0 Å². The van der Waals surface area contributed by atoms with E-state index in [9.17, 15) is 9.59 Å². The van der Waals surface area contributed by atoms with Crippen LogP contribution in [0.2, 0.25) is 0 Å². The van der Waals surface area contributed by atoms with Crippen molar-refractivity contribution in [2.45, 2.75) is 20.8 Å². The summed E-state index contributed by atoms with van der Waals surface area (Å²) in [5, 5.41) is 8.61. The second kappa shape index (κ2) is 8.30. The average molecular weight is 375 g/mol. The Bertz CT molecular complexity index is 995. The Morgan fingerprint density at radius 1 is 0.821 bits per heavy atom. The van der Waals surface area contributed by atoms with Crippen molar-refractivity contribution in [1.82, 2.24) is 9.97 Å². The molecule has 0 saturated carbocycles. The molecule has 0 fully saturated rings. The Hall–Kier alpha value is -3.74. The van der Waals surface area contributed by atoms with Gasteiger partial charge in [0.05, 0.1) is 0 Å². The van der Waals surface area contributed by atoms with Gasteiger partial charge in [0.1, 0.15) is 5.69 Å². The van der Waals surface area contributed by atoms with Crippen LogP contribution < -0.4 is 16.0 Å². The molecule has 7 heteroatoms. The van der Waals surface area contributed by atoms with E-state index >= 15 is 0 Å². The summed E-state index contributed by atoms with van der Waals surface area (Å²) in [5.41, 5.74) is 4.56. The molecule has 0 unspecified atom stereocenters. The second-order valence-corrected chi connectivity index (χ2v) is 6.48. The first-order chi connectivity index (χ1) is 13.4. The minimum atomic E-state index is -0.309. The molecule has 28 heavy (non-hydrogen) atoms. The topological polar surface area (TPSA) is 96.0 Å². The number of aromatic nitrogens is 2. The molecule has 3 aromatic rings. The number of nitrogens with one attached hydrogen (secondary N) is 3. The van der Waals surface area contributed by atoms with E-state index in [1.165, 1.54) is 13.1 Å². The van der Waals surface area contributed by atoms with Gasteiger partial charge in [-0.3, -0.25) is 9.59 Å². The molecule has 2 amide bonds. The zero-order valence-electron chi connectivity index (χ0n) is 15.9. The maximum Gasteiger partial charge on any atom is 0.274 e. The zero-order valence-corrected chi connectivity index (χ0v) is 15.9. The van der Waals surface area contributed by atoms with Crippen LogP contribution >= 0.6 is 0 Å². The molecular weight excluding hydrogens is 354 g/mol. The van der Waals surface area contributed by atoms with Gasteiger partial charge in [-0.2, -0.15) is 0 Å². The number of rotatable bonds is 5. The summed E-state index contributed by atoms with van der Waals surface area (Å²) in [6.45, 7) is 5.41. The third kappa shape index (κ3) is 5.14. The SMILES string of the molecule is CC(=O)Nc1ccc(Nc2nccc(C(=O)Nc3cc(C)cc(C)c3)n2)cc1. The molecule has 0 atom stereocenters. The van der Waals surface area contributed by atoms with Crippen LogP contribution in [0.25, 0.3) is 0 Å². The molecule has 3 rings (SSSR count). The first-order valence-corrected chi connectivity index (χ1v) is 8.76. The number of carbonyl (C=O) groups is 2. The van der Waals surface area contributed by atoms with Crippen molar-refractivity contribution < 1.29 is 9.59 Å². The molecule has 7 nitrogen and oxygen atoms in total. The van der Waals surface area contributed by atoms with Crippen molar-refractivity contribution in [3.8, 4) is 0 Å². The highest BCUT2D eigenvalue weighted by Crippen LogP contribution is 2.18. The van der Waals surface area contributed by atoms with Crippen LogP contribution in [0, 0.1) is 13.8 Å². The monoisotopic (exact) mass is 375 g/mol. The van der Waals surface area contributed by atoms with E-state index in [4.69, 9.17) is 0 Å². The van der Waals surface area contributed by atoms with E-state index < -0.39 is 0 Å². The molecule has 2 aromatic carbocycles. The Kier molecular flexibility index (Phi) is 5.64. The molecule has 1 aromatic heterocycles. The summed E-state index contributed by atoms with van der Waals surface area (Å²) in [6.07, 6.45) is 1.53. The Morgan fingerprint density at radius 3 is 2.11 bits per heavy atom. The number of benzene rings is 2. The van der Waals surface area contributed by atoms with Crippen molar-refractivity contribution in [3.05, 3.63) is 71.5 Å². The van der Waals surface area contributed by atoms with Gasteiger partial charge in [0, 0.05) is 30.2 Å². The molecule has 0 saturated heterocycles. The largest absolute Gasteiger partial charge is 0.326 e. The summed E-state index contributed by atoms with van der Waals surface area (Å²) < 4.78 is 0. The first-order valence-electron chi connectivity index (χ1n) is 8.76. The molecule has 0 aliphatic carbocycles. The molecule has 3 N–H and O–H groups in total. The maximum absolute atomic E-state index is 12.5. The lowest BCUT2D eigenvalue weighted by Gasteiger charge is -2.09. The highest BCUT2D eigenvalue weighted by atomic mass is 16.2. The summed E-state index contributed by atoms with van der Waals surface area (Å²) in [4.78, 5) is 32.0. The van der Waals surface area contributed by atoms with E-state index in [2.05, 4.69) is 25.9 Å². The van der Waals surface area contributed by atoms with E-state index in [1.54, 1.807) is 30.3 Å². The quantitative estimate of drug-likeness (QED) is 0.625. The van der Waals surface area contributed by atoms with E-state index in [0.29, 0.717) is 11.6 Å². The summed E-state index contributed by atoms with van der Waals surface area (Å²) in [6, 6.07) is 14.5. The Labute approximate surface area is 163 Å². The summed E-state index contributed by atoms with van der Waals surface area (Å²) >= 11 is 0. The standard InChI is InChI=1S/C21H21N5O2/c1-13-10-14(2)12-18(11-13)24-20(28)19-8-9-22-21(26-19)25-17-6-4-16(5-7-17)23-15(3)27/h4-12H,1-3H3,(H,23,27)(H,24,28)(H,22,25,26). The molecule has 1 heterocycles. The normalized spacial score (nSPS) is 10.2. The predicted octanol–water partition coefficient (Wildman–Crippen LogP) is 4.05. The lowest BCUT2D eigenvalue weighted by atomic mass is 10.1. The van der Waals surface area contributed by atoms with Gasteiger partial charge in [0.2, 0.25) is 11.9 Å². The summed E-state index contributed by atoms with van der Waals surface area (Å²) in [7, 11) is 0. The molecule has 0 spiro atoms. The fourth-order valence-electron chi connectivity index (χ4n) is 2.76. The van der Waals surface area contributed by atoms with Gasteiger partial charge in [-0.1, -0.05) is 6.07 Å². The van der Waals surface area contributed by atoms with Gasteiger partial charge in [0.25, 0.3) is 5.91 Å². The van der Waals surface area contributed by atoms with Crippen LogP contribution in [0.5, 0.6) is 0 Å². The van der Waals surface area contributed by atoms with E-state index in [1.807, 2.05) is 32.0 Å². The number of aryl methyl sites for hydroxylation is 2. The van der Waals surface area contributed by atoms with E-state index in [-0.39, 0.29) is 17.5 Å². The molecule has 0 aliphatic heterocycles. The van der Waals surface area contributed by atoms with Gasteiger partial charge in [-0.25, -0.2) is 9.97 Å². The van der Waals surface area contributed by atoms with Gasteiger partial charge < -0.3 is 16.0 Å². The van der Waals surface area contributed by atoms with Crippen molar-refractivity contribution >= 4 is 34.8 Å². The van der Waals surface area contributed by atoms with Crippen molar-refractivity contribution in [2.75, 3.05) is 16.0 Å². The lowest BCUT2D eigenvalue weighted by molar-refractivity contribution is -0.114. The fraction of sp³-hybridized carbons (Fsp3) is 0.143. The maximum atomic E-state index is 12.5. The second-order valence-electron chi connectivity index (χ2n) is 6.48. The average Bonchev–Trinajstić information content (AvgIpc) is 2.62. The molecule has 0 radical (unpaired) electrons. The number of hydrogen-bond acceptors (Lipinski definition) is 5. The number of carbonyl (C=O) groups excluding carboxylic acids is 2. The van der Waals surface area contributed by atoms with Gasteiger partial charge in [-0.05, 0) is 67.4 Å². The molecular formula is C21H21N5O2. The van der Waals surface area contributed by atoms with Crippen LogP contribution in [-0.4, -0.2) is 21.8 Å². The van der Waals surface area contributed by atoms with Crippen LogP contribution in [-0.2, 0) is 4.79 Å². The van der Waals surface area contributed by atoms with Crippen LogP contribution in [0.3, 0.4) is 0 Å². The number of nitrogens with zero attached hydrogens (tertiary/aromatic N) is 2. The summed E-state index contributed by atoms with van der Waals surface area (Å²) in [5.74, 6) is -0.136. The predicted molar refractivity (Wildman–Crippen MR) is 110 cm³/mol. The van der Waals surface area contributed by atoms with Crippen molar-refractivity contribution in [3.63, 3.8) is 0 Å². The zero-order chi connectivity index (χ0) is 20.1. The lowest BCUT2D eigenvalue weighted by Crippen LogP contribution is -2.15.